The third kappa shape index (κ3) is 5.29. The molecule has 2 aromatic heterocycles. The minimum atomic E-state index is 0.831. The van der Waals surface area contributed by atoms with Crippen LogP contribution < -0.4 is 9.77 Å². The van der Waals surface area contributed by atoms with E-state index < -0.39 is 0 Å². The fourth-order valence-electron chi connectivity index (χ4n) is 7.41. The van der Waals surface area contributed by atoms with Crippen molar-refractivity contribution in [1.29, 1.82) is 0 Å². The number of H-pyrrole nitrogens is 2. The zero-order valence-corrected chi connectivity index (χ0v) is 28.5. The molecule has 0 fully saturated rings. The highest BCUT2D eigenvalue weighted by atomic mass is 32.2. The van der Waals surface area contributed by atoms with Crippen LogP contribution in [0.15, 0.2) is 126 Å². The molecule has 0 bridgehead atoms. The number of fused-ring (bicyclic) bond motifs is 2. The summed E-state index contributed by atoms with van der Waals surface area (Å²) in [5.41, 5.74) is 18.7. The van der Waals surface area contributed by atoms with E-state index in [0.29, 0.717) is 0 Å². The van der Waals surface area contributed by atoms with Crippen molar-refractivity contribution in [3.8, 4) is 11.1 Å². The number of nitrogens with one attached hydrogen (secondary N) is 2. The Labute approximate surface area is 288 Å². The molecule has 48 heavy (non-hydrogen) atoms. The van der Waals surface area contributed by atoms with Gasteiger partial charge in [-0.3, -0.25) is 4.31 Å². The lowest BCUT2D eigenvalue weighted by Gasteiger charge is -2.32. The molecule has 6 aromatic rings. The Morgan fingerprint density at radius 3 is 2.46 bits per heavy atom. The van der Waals surface area contributed by atoms with Gasteiger partial charge in [-0.25, -0.2) is 0 Å². The number of nitrogens with zero attached hydrogens (tertiary/aromatic N) is 1. The monoisotopic (exact) mass is 639 g/mol. The van der Waals surface area contributed by atoms with Gasteiger partial charge >= 0.3 is 0 Å². The molecule has 0 aliphatic carbocycles. The second kappa shape index (κ2) is 12.5. The molecule has 4 heterocycles. The van der Waals surface area contributed by atoms with Crippen molar-refractivity contribution in [1.82, 2.24) is 9.97 Å². The zero-order chi connectivity index (χ0) is 32.8. The Morgan fingerprint density at radius 2 is 1.58 bits per heavy atom. The second-order valence-corrected chi connectivity index (χ2v) is 13.8. The SMILES string of the molecule is C=C1c2ccccc2SN2/C(=C/c3[nH]c4ccccc4c3C/C=C/C=C\c3c(C)[nH]c(C)c3-c3ccccc3C)CBc3cccc1c32. The van der Waals surface area contributed by atoms with E-state index in [1.54, 1.807) is 0 Å². The highest BCUT2D eigenvalue weighted by Crippen LogP contribution is 2.47. The Balaban J connectivity index is 1.13. The van der Waals surface area contributed by atoms with Gasteiger partial charge in [0, 0.05) is 55.3 Å². The van der Waals surface area contributed by atoms with Crippen LogP contribution >= 0.6 is 11.9 Å². The fraction of sp³-hybridized carbons (Fsp3) is 0.116. The molecular formula is C43H38BN3S. The van der Waals surface area contributed by atoms with Gasteiger partial charge in [0.15, 0.2) is 7.28 Å². The predicted molar refractivity (Wildman–Crippen MR) is 210 cm³/mol. The summed E-state index contributed by atoms with van der Waals surface area (Å²) in [5.74, 6) is 0. The van der Waals surface area contributed by atoms with Gasteiger partial charge in [-0.2, -0.15) is 0 Å². The molecule has 0 saturated heterocycles. The molecule has 0 unspecified atom stereocenters. The number of aromatic amines is 2. The molecule has 2 aliphatic rings. The van der Waals surface area contributed by atoms with Crippen LogP contribution in [-0.4, -0.2) is 17.2 Å². The smallest absolute Gasteiger partial charge is 0.166 e. The summed E-state index contributed by atoms with van der Waals surface area (Å²) in [5, 5.41) is 1.27. The number of hydrogen-bond acceptors (Lipinski definition) is 2. The minimum Gasteiger partial charge on any atom is -0.362 e. The molecule has 2 aliphatic heterocycles. The third-order valence-electron chi connectivity index (χ3n) is 9.79. The number of aromatic nitrogens is 2. The van der Waals surface area contributed by atoms with Crippen LogP contribution in [0.1, 0.15) is 44.9 Å². The zero-order valence-electron chi connectivity index (χ0n) is 27.7. The normalized spacial score (nSPS) is 14.9. The van der Waals surface area contributed by atoms with Crippen molar-refractivity contribution in [2.24, 2.45) is 0 Å². The average molecular weight is 640 g/mol. The van der Waals surface area contributed by atoms with Gasteiger partial charge in [0.2, 0.25) is 0 Å². The largest absolute Gasteiger partial charge is 0.362 e. The van der Waals surface area contributed by atoms with Crippen LogP contribution in [0.3, 0.4) is 0 Å². The summed E-state index contributed by atoms with van der Waals surface area (Å²) in [4.78, 5) is 8.59. The molecule has 0 atom stereocenters. The van der Waals surface area contributed by atoms with E-state index in [-0.39, 0.29) is 0 Å². The standard InChI is InChI=1S/C43H38BN3S/c1-27-15-8-9-16-32(27)42-30(4)45-29(3)35(42)18-6-5-7-19-37-36-20-10-12-23-39(36)46-40(37)25-31-26-44-38-22-14-21-34-28(2)33-17-11-13-24-41(33)48-47(31)43(34)38/h5-18,20-25,44-46H,2,19,26H2,1,3-4H3/b7-5+,18-6-,31-25+. The number of para-hydroxylation sites is 2. The Kier molecular flexibility index (Phi) is 7.86. The molecular weight excluding hydrogens is 601 g/mol. The van der Waals surface area contributed by atoms with E-state index in [1.807, 2.05) is 11.9 Å². The summed E-state index contributed by atoms with van der Waals surface area (Å²) in [6.45, 7) is 11.1. The summed E-state index contributed by atoms with van der Waals surface area (Å²) in [7, 11) is 1.01. The van der Waals surface area contributed by atoms with Crippen LogP contribution in [0.25, 0.3) is 39.8 Å². The molecule has 0 amide bonds. The van der Waals surface area contributed by atoms with Crippen LogP contribution in [-0.2, 0) is 6.42 Å². The second-order valence-electron chi connectivity index (χ2n) is 12.8. The van der Waals surface area contributed by atoms with Gasteiger partial charge in [-0.05, 0) is 91.5 Å². The summed E-state index contributed by atoms with van der Waals surface area (Å²) in [6.07, 6.45) is 13.1. The Morgan fingerprint density at radius 1 is 0.812 bits per heavy atom. The van der Waals surface area contributed by atoms with Gasteiger partial charge < -0.3 is 9.97 Å². The van der Waals surface area contributed by atoms with E-state index in [2.05, 4.69) is 163 Å². The lowest BCUT2D eigenvalue weighted by molar-refractivity contribution is 1.19. The molecule has 0 radical (unpaired) electrons. The first kappa shape index (κ1) is 30.2. The predicted octanol–water partition coefficient (Wildman–Crippen LogP) is 10.3. The van der Waals surface area contributed by atoms with Gasteiger partial charge in [0.25, 0.3) is 0 Å². The van der Waals surface area contributed by atoms with E-state index in [4.69, 9.17) is 0 Å². The summed E-state index contributed by atoms with van der Waals surface area (Å²) in [6, 6.07) is 32.7. The first-order chi connectivity index (χ1) is 23.5. The maximum atomic E-state index is 4.56. The van der Waals surface area contributed by atoms with Crippen LogP contribution in [0.4, 0.5) is 5.69 Å². The highest BCUT2D eigenvalue weighted by molar-refractivity contribution is 8.01. The van der Waals surface area contributed by atoms with E-state index in [9.17, 15) is 0 Å². The van der Waals surface area contributed by atoms with E-state index in [1.165, 1.54) is 88.7 Å². The summed E-state index contributed by atoms with van der Waals surface area (Å²) >= 11 is 1.82. The van der Waals surface area contributed by atoms with Crippen LogP contribution in [0.2, 0.25) is 6.32 Å². The molecule has 8 rings (SSSR count). The fourth-order valence-corrected chi connectivity index (χ4v) is 8.61. The van der Waals surface area contributed by atoms with Crippen molar-refractivity contribution < 1.29 is 0 Å². The van der Waals surface area contributed by atoms with Crippen molar-refractivity contribution in [2.75, 3.05) is 4.31 Å². The Bertz CT molecular complexity index is 2310. The quantitative estimate of drug-likeness (QED) is 0.108. The summed E-state index contributed by atoms with van der Waals surface area (Å²) < 4.78 is 2.46. The number of benzene rings is 4. The number of rotatable bonds is 6. The number of allylic oxidation sites excluding steroid dienone is 4. The van der Waals surface area contributed by atoms with Crippen molar-refractivity contribution >= 4 is 59.0 Å². The number of hydrogen-bond donors (Lipinski definition) is 2. The van der Waals surface area contributed by atoms with Gasteiger partial charge in [-0.15, -0.1) is 0 Å². The van der Waals surface area contributed by atoms with Crippen molar-refractivity contribution in [3.63, 3.8) is 0 Å². The molecule has 0 spiro atoms. The maximum Gasteiger partial charge on any atom is 0.166 e. The number of aryl methyl sites for hydroxylation is 3. The number of anilines is 1. The van der Waals surface area contributed by atoms with Gasteiger partial charge in [0.05, 0.1) is 5.69 Å². The maximum absolute atomic E-state index is 4.56. The average Bonchev–Trinajstić information content (AvgIpc) is 3.54. The molecule has 2 N–H and O–H groups in total. The molecule has 3 nitrogen and oxygen atoms in total. The van der Waals surface area contributed by atoms with Crippen molar-refractivity contribution in [2.45, 2.75) is 38.4 Å². The molecule has 5 heteroatoms. The lowest BCUT2D eigenvalue weighted by atomic mass is 9.62. The molecule has 4 aromatic carbocycles. The molecule has 0 saturated carbocycles. The highest BCUT2D eigenvalue weighted by Gasteiger charge is 2.31. The first-order valence-electron chi connectivity index (χ1n) is 16.7. The lowest BCUT2D eigenvalue weighted by Crippen LogP contribution is -2.32. The van der Waals surface area contributed by atoms with Gasteiger partial charge in [0.1, 0.15) is 0 Å². The topological polar surface area (TPSA) is 34.8 Å². The minimum absolute atomic E-state index is 0.831. The third-order valence-corrected chi connectivity index (χ3v) is 10.9. The van der Waals surface area contributed by atoms with E-state index in [0.717, 1.165) is 25.6 Å². The van der Waals surface area contributed by atoms with E-state index >= 15 is 0 Å². The van der Waals surface area contributed by atoms with Crippen LogP contribution in [0.5, 0.6) is 0 Å². The van der Waals surface area contributed by atoms with Crippen LogP contribution in [0, 0.1) is 20.8 Å². The van der Waals surface area contributed by atoms with Crippen molar-refractivity contribution in [3.05, 3.63) is 166 Å². The van der Waals surface area contributed by atoms with Gasteiger partial charge in [-0.1, -0.05) is 115 Å². The Hall–Kier alpha value is -5.13. The molecule has 234 valence electrons. The first-order valence-corrected chi connectivity index (χ1v) is 17.5.